The molecule has 0 aliphatic carbocycles. The predicted octanol–water partition coefficient (Wildman–Crippen LogP) is 3.38. The molecule has 1 fully saturated rings. The van der Waals surface area contributed by atoms with Gasteiger partial charge in [0.15, 0.2) is 0 Å². The molecule has 1 aliphatic heterocycles. The molecule has 1 saturated heterocycles. The van der Waals surface area contributed by atoms with Gasteiger partial charge in [-0.1, -0.05) is 29.8 Å². The molecule has 0 saturated carbocycles. The number of anilines is 1. The number of carbonyl (C=O) groups excluding carboxylic acids is 2. The first kappa shape index (κ1) is 18.0. The van der Waals surface area contributed by atoms with Gasteiger partial charge in [0.2, 0.25) is 11.8 Å². The van der Waals surface area contributed by atoms with Crippen molar-refractivity contribution in [1.29, 1.82) is 0 Å². The van der Waals surface area contributed by atoms with Gasteiger partial charge in [-0.2, -0.15) is 0 Å². The van der Waals surface area contributed by atoms with E-state index in [1.54, 1.807) is 4.90 Å². The lowest BCUT2D eigenvalue weighted by molar-refractivity contribution is -0.128. The number of nitrogens with zero attached hydrogens (tertiary/aromatic N) is 1. The Hall–Kier alpha value is -2.82. The molecule has 5 heteroatoms. The second kappa shape index (κ2) is 8.04. The maximum Gasteiger partial charge on any atom is 0.229 e. The summed E-state index contributed by atoms with van der Waals surface area (Å²) in [6, 6.07) is 15.4. The van der Waals surface area contributed by atoms with Crippen LogP contribution >= 0.6 is 0 Å². The Morgan fingerprint density at radius 3 is 2.50 bits per heavy atom. The summed E-state index contributed by atoms with van der Waals surface area (Å²) in [5.41, 5.74) is 2.98. The lowest BCUT2D eigenvalue weighted by Crippen LogP contribution is -2.28. The van der Waals surface area contributed by atoms with Crippen LogP contribution in [-0.4, -0.2) is 29.9 Å². The molecule has 2 amide bonds. The van der Waals surface area contributed by atoms with Crippen LogP contribution < -0.4 is 10.1 Å². The number of amides is 2. The van der Waals surface area contributed by atoms with Gasteiger partial charge in [0.1, 0.15) is 5.75 Å². The number of hydrogen-bond donors (Lipinski definition) is 1. The highest BCUT2D eigenvalue weighted by atomic mass is 16.5. The topological polar surface area (TPSA) is 58.6 Å². The Balaban J connectivity index is 1.57. The van der Waals surface area contributed by atoms with Crippen LogP contribution in [0.4, 0.5) is 5.69 Å². The van der Waals surface area contributed by atoms with Gasteiger partial charge in [0.05, 0.1) is 12.5 Å². The zero-order valence-electron chi connectivity index (χ0n) is 15.2. The number of nitrogens with one attached hydrogen (secondary N) is 1. The summed E-state index contributed by atoms with van der Waals surface area (Å²) in [7, 11) is 0. The molecule has 2 aromatic carbocycles. The average Bonchev–Trinajstić information content (AvgIpc) is 3.00. The maximum atomic E-state index is 12.5. The Morgan fingerprint density at radius 2 is 1.85 bits per heavy atom. The minimum absolute atomic E-state index is 0.0254. The molecule has 0 radical (unpaired) electrons. The fraction of sp³-hybridized carbons (Fsp3) is 0.333. The maximum absolute atomic E-state index is 12.5. The molecule has 1 atom stereocenters. The molecule has 2 aromatic rings. The van der Waals surface area contributed by atoms with Crippen LogP contribution in [-0.2, 0) is 16.1 Å². The number of aryl methyl sites for hydroxylation is 1. The van der Waals surface area contributed by atoms with Crippen molar-refractivity contribution in [3.8, 4) is 5.75 Å². The van der Waals surface area contributed by atoms with Gasteiger partial charge in [0, 0.05) is 25.2 Å². The van der Waals surface area contributed by atoms with E-state index >= 15 is 0 Å². The summed E-state index contributed by atoms with van der Waals surface area (Å²) in [4.78, 5) is 26.5. The number of likely N-dealkylation sites (tertiary alicyclic amines) is 1. The number of ether oxygens (including phenoxy) is 1. The van der Waals surface area contributed by atoms with Crippen molar-refractivity contribution in [2.75, 3.05) is 18.5 Å². The minimum Gasteiger partial charge on any atom is -0.494 e. The lowest BCUT2D eigenvalue weighted by Gasteiger charge is -2.17. The van der Waals surface area contributed by atoms with Crippen molar-refractivity contribution in [2.24, 2.45) is 5.92 Å². The number of carbonyl (C=O) groups is 2. The summed E-state index contributed by atoms with van der Waals surface area (Å²) in [6.45, 7) is 5.56. The van der Waals surface area contributed by atoms with Crippen molar-refractivity contribution in [3.05, 3.63) is 59.7 Å². The largest absolute Gasteiger partial charge is 0.494 e. The van der Waals surface area contributed by atoms with Gasteiger partial charge in [-0.3, -0.25) is 9.59 Å². The molecule has 1 unspecified atom stereocenters. The van der Waals surface area contributed by atoms with Gasteiger partial charge >= 0.3 is 0 Å². The second-order valence-corrected chi connectivity index (χ2v) is 6.61. The summed E-state index contributed by atoms with van der Waals surface area (Å²) >= 11 is 0. The van der Waals surface area contributed by atoms with Gasteiger partial charge < -0.3 is 15.0 Å². The number of rotatable bonds is 6. The normalized spacial score (nSPS) is 16.6. The quantitative estimate of drug-likeness (QED) is 0.867. The molecule has 0 bridgehead atoms. The van der Waals surface area contributed by atoms with E-state index in [2.05, 4.69) is 5.32 Å². The molecule has 1 N–H and O–H groups in total. The van der Waals surface area contributed by atoms with Crippen LogP contribution in [0.2, 0.25) is 0 Å². The first-order chi connectivity index (χ1) is 12.5. The van der Waals surface area contributed by atoms with E-state index in [1.165, 1.54) is 5.56 Å². The molecule has 5 nitrogen and oxygen atoms in total. The van der Waals surface area contributed by atoms with Gasteiger partial charge in [-0.25, -0.2) is 0 Å². The first-order valence-corrected chi connectivity index (χ1v) is 8.92. The fourth-order valence-electron chi connectivity index (χ4n) is 3.06. The number of hydrogen-bond acceptors (Lipinski definition) is 3. The molecule has 3 rings (SSSR count). The third-order valence-electron chi connectivity index (χ3n) is 4.51. The molecule has 0 aromatic heterocycles. The van der Waals surface area contributed by atoms with Crippen LogP contribution in [0.1, 0.15) is 24.5 Å². The Bertz CT molecular complexity index is 769. The van der Waals surface area contributed by atoms with Crippen LogP contribution in [0.25, 0.3) is 0 Å². The Kier molecular flexibility index (Phi) is 5.56. The van der Waals surface area contributed by atoms with E-state index in [1.807, 2.05) is 62.4 Å². The van der Waals surface area contributed by atoms with E-state index in [-0.39, 0.29) is 24.2 Å². The zero-order chi connectivity index (χ0) is 18.5. The van der Waals surface area contributed by atoms with E-state index in [0.717, 1.165) is 11.3 Å². The zero-order valence-corrected chi connectivity index (χ0v) is 15.2. The Morgan fingerprint density at radius 1 is 1.15 bits per heavy atom. The first-order valence-electron chi connectivity index (χ1n) is 8.92. The van der Waals surface area contributed by atoms with Gasteiger partial charge in [-0.05, 0) is 43.7 Å². The monoisotopic (exact) mass is 352 g/mol. The summed E-state index contributed by atoms with van der Waals surface area (Å²) in [6.07, 6.45) is 0.259. The highest BCUT2D eigenvalue weighted by Gasteiger charge is 2.34. The number of benzene rings is 2. The van der Waals surface area contributed by atoms with Crippen molar-refractivity contribution >= 4 is 17.5 Å². The third-order valence-corrected chi connectivity index (χ3v) is 4.51. The van der Waals surface area contributed by atoms with E-state index in [4.69, 9.17) is 4.74 Å². The van der Waals surface area contributed by atoms with Crippen LogP contribution in [0.15, 0.2) is 48.5 Å². The Labute approximate surface area is 154 Å². The van der Waals surface area contributed by atoms with Crippen molar-refractivity contribution < 1.29 is 14.3 Å². The molecule has 0 spiro atoms. The summed E-state index contributed by atoms with van der Waals surface area (Å²) < 4.78 is 5.39. The predicted molar refractivity (Wildman–Crippen MR) is 101 cm³/mol. The molecular formula is C21H24N2O3. The molecule has 136 valence electrons. The molecule has 1 heterocycles. The highest BCUT2D eigenvalue weighted by molar-refractivity contribution is 5.97. The van der Waals surface area contributed by atoms with Crippen molar-refractivity contribution in [3.63, 3.8) is 0 Å². The van der Waals surface area contributed by atoms with Crippen LogP contribution in [0, 0.1) is 12.8 Å². The highest BCUT2D eigenvalue weighted by Crippen LogP contribution is 2.23. The average molecular weight is 352 g/mol. The van der Waals surface area contributed by atoms with E-state index in [9.17, 15) is 9.59 Å². The van der Waals surface area contributed by atoms with E-state index in [0.29, 0.717) is 25.4 Å². The van der Waals surface area contributed by atoms with Crippen molar-refractivity contribution in [2.45, 2.75) is 26.8 Å². The van der Waals surface area contributed by atoms with Crippen LogP contribution in [0.5, 0.6) is 5.75 Å². The summed E-state index contributed by atoms with van der Waals surface area (Å²) in [5, 5.41) is 2.89. The van der Waals surface area contributed by atoms with Gasteiger partial charge in [-0.15, -0.1) is 0 Å². The van der Waals surface area contributed by atoms with Crippen LogP contribution in [0.3, 0.4) is 0 Å². The molecule has 1 aliphatic rings. The summed E-state index contributed by atoms with van der Waals surface area (Å²) in [5.74, 6) is 0.358. The lowest BCUT2D eigenvalue weighted by atomic mass is 10.1. The molecular weight excluding hydrogens is 328 g/mol. The fourth-order valence-corrected chi connectivity index (χ4v) is 3.06. The SMILES string of the molecule is CCOc1ccc(NC(=O)C2CC(=O)N(Cc3ccc(C)cc3)C2)cc1. The smallest absolute Gasteiger partial charge is 0.229 e. The van der Waals surface area contributed by atoms with Gasteiger partial charge in [0.25, 0.3) is 0 Å². The third kappa shape index (κ3) is 4.42. The van der Waals surface area contributed by atoms with E-state index < -0.39 is 0 Å². The molecule has 26 heavy (non-hydrogen) atoms. The second-order valence-electron chi connectivity index (χ2n) is 6.61. The minimum atomic E-state index is -0.320. The standard InChI is InChI=1S/C21H24N2O3/c1-3-26-19-10-8-18(9-11-19)22-21(25)17-12-20(24)23(14-17)13-16-6-4-15(2)5-7-16/h4-11,17H,3,12-14H2,1-2H3,(H,22,25). The van der Waals surface area contributed by atoms with Crippen molar-refractivity contribution in [1.82, 2.24) is 4.90 Å².